The summed E-state index contributed by atoms with van der Waals surface area (Å²) in [6.07, 6.45) is 0.917. The molecule has 0 fully saturated rings. The smallest absolute Gasteiger partial charge is 0.0697 e. The molecule has 0 saturated carbocycles. The Morgan fingerprint density at radius 1 is 1.00 bits per heavy atom. The van der Waals surface area contributed by atoms with Crippen molar-refractivity contribution in [2.45, 2.75) is 6.42 Å². The van der Waals surface area contributed by atoms with Crippen molar-refractivity contribution in [3.63, 3.8) is 0 Å². The third kappa shape index (κ3) is 9.84. The van der Waals surface area contributed by atoms with Crippen LogP contribution in [0.15, 0.2) is 0 Å². The fourth-order valence-corrected chi connectivity index (χ4v) is 0.670. The van der Waals surface area contributed by atoms with Crippen molar-refractivity contribution >= 4 is 0 Å². The second-order valence-electron chi connectivity index (χ2n) is 2.16. The van der Waals surface area contributed by atoms with Gasteiger partial charge in [0.15, 0.2) is 0 Å². The Kier molecular flexibility index (Phi) is 9.70. The number of nitrogens with one attached hydrogen (secondary N) is 1. The van der Waals surface area contributed by atoms with E-state index in [-0.39, 0.29) is 13.2 Å². The molecule has 0 saturated heterocycles. The van der Waals surface area contributed by atoms with Gasteiger partial charge in [-0.25, -0.2) is 0 Å². The van der Waals surface area contributed by atoms with E-state index in [2.05, 4.69) is 5.32 Å². The van der Waals surface area contributed by atoms with Crippen LogP contribution < -0.4 is 5.32 Å². The van der Waals surface area contributed by atoms with E-state index in [1.807, 2.05) is 0 Å². The van der Waals surface area contributed by atoms with Crippen molar-refractivity contribution in [1.82, 2.24) is 5.32 Å². The molecule has 0 atom stereocenters. The van der Waals surface area contributed by atoms with E-state index in [1.54, 1.807) is 0 Å². The third-order valence-electron chi connectivity index (χ3n) is 1.17. The molecule has 0 spiro atoms. The first kappa shape index (κ1) is 10.8. The number of hydrogen-bond donors (Lipinski definition) is 3. The van der Waals surface area contributed by atoms with E-state index in [0.717, 1.165) is 13.0 Å². The molecule has 0 aromatic carbocycles. The predicted octanol–water partition coefficient (Wildman–Crippen LogP) is -1.03. The van der Waals surface area contributed by atoms with Crippen LogP contribution in [0.4, 0.5) is 0 Å². The van der Waals surface area contributed by atoms with Crippen LogP contribution in [0, 0.1) is 0 Å². The van der Waals surface area contributed by atoms with Gasteiger partial charge in [0, 0.05) is 13.2 Å². The molecule has 0 aliphatic heterocycles. The van der Waals surface area contributed by atoms with Crippen molar-refractivity contribution in [2.24, 2.45) is 0 Å². The maximum Gasteiger partial charge on any atom is 0.0697 e. The number of hydrogen-bond acceptors (Lipinski definition) is 4. The molecule has 0 aliphatic carbocycles. The summed E-state index contributed by atoms with van der Waals surface area (Å²) >= 11 is 0. The molecule has 68 valence electrons. The highest BCUT2D eigenvalue weighted by Gasteiger charge is 1.87. The molecule has 0 amide bonds. The molecule has 0 rings (SSSR count). The summed E-state index contributed by atoms with van der Waals surface area (Å²) in [5.41, 5.74) is 0. The summed E-state index contributed by atoms with van der Waals surface area (Å²) in [6, 6.07) is 0. The van der Waals surface area contributed by atoms with Crippen LogP contribution in [-0.2, 0) is 4.74 Å². The minimum absolute atomic E-state index is 0.0874. The van der Waals surface area contributed by atoms with E-state index in [1.165, 1.54) is 0 Å². The van der Waals surface area contributed by atoms with Crippen LogP contribution in [-0.4, -0.2) is 49.7 Å². The Hall–Kier alpha value is -0.160. The molecule has 4 heteroatoms. The minimum Gasteiger partial charge on any atom is -0.395 e. The van der Waals surface area contributed by atoms with Crippen molar-refractivity contribution in [3.8, 4) is 0 Å². The van der Waals surface area contributed by atoms with E-state index < -0.39 is 0 Å². The highest BCUT2D eigenvalue weighted by Crippen LogP contribution is 1.79. The lowest BCUT2D eigenvalue weighted by Crippen LogP contribution is -2.20. The quantitative estimate of drug-likeness (QED) is 0.400. The summed E-state index contributed by atoms with van der Waals surface area (Å²) in [7, 11) is 0. The van der Waals surface area contributed by atoms with Crippen molar-refractivity contribution in [3.05, 3.63) is 0 Å². The largest absolute Gasteiger partial charge is 0.395 e. The summed E-state index contributed by atoms with van der Waals surface area (Å²) < 4.78 is 5.01. The summed E-state index contributed by atoms with van der Waals surface area (Å²) in [4.78, 5) is 0. The van der Waals surface area contributed by atoms with Gasteiger partial charge in [0.05, 0.1) is 19.8 Å². The van der Waals surface area contributed by atoms with E-state index in [4.69, 9.17) is 14.9 Å². The zero-order valence-electron chi connectivity index (χ0n) is 6.75. The monoisotopic (exact) mass is 163 g/mol. The first-order valence-corrected chi connectivity index (χ1v) is 3.92. The molecular weight excluding hydrogens is 146 g/mol. The molecule has 0 radical (unpaired) electrons. The molecule has 0 aliphatic rings. The van der Waals surface area contributed by atoms with Gasteiger partial charge in [0.2, 0.25) is 0 Å². The van der Waals surface area contributed by atoms with Crippen LogP contribution >= 0.6 is 0 Å². The molecule has 3 N–H and O–H groups in total. The van der Waals surface area contributed by atoms with Crippen LogP contribution in [0.3, 0.4) is 0 Å². The third-order valence-corrected chi connectivity index (χ3v) is 1.17. The summed E-state index contributed by atoms with van der Waals surface area (Å²) in [6.45, 7) is 2.84. The van der Waals surface area contributed by atoms with Gasteiger partial charge in [0.1, 0.15) is 0 Å². The molecule has 0 aromatic heterocycles. The van der Waals surface area contributed by atoms with E-state index in [0.29, 0.717) is 19.8 Å². The minimum atomic E-state index is 0.0874. The van der Waals surface area contributed by atoms with Gasteiger partial charge in [-0.2, -0.15) is 0 Å². The Bertz CT molecular complexity index is 62.7. The van der Waals surface area contributed by atoms with Crippen molar-refractivity contribution in [2.75, 3.05) is 39.5 Å². The Morgan fingerprint density at radius 3 is 2.45 bits per heavy atom. The average molecular weight is 163 g/mol. The van der Waals surface area contributed by atoms with Gasteiger partial charge >= 0.3 is 0 Å². The molecule has 0 heterocycles. The Morgan fingerprint density at radius 2 is 1.82 bits per heavy atom. The standard InChI is InChI=1S/C7H17NO3/c9-4-3-8-2-1-6-11-7-5-10/h8-10H,1-7H2. The SMILES string of the molecule is OCCNCCCOCCO. The van der Waals surface area contributed by atoms with Crippen LogP contribution in [0.25, 0.3) is 0 Å². The Balaban J connectivity index is 2.69. The number of aliphatic hydroxyl groups excluding tert-OH is 2. The zero-order valence-corrected chi connectivity index (χ0v) is 6.75. The molecule has 0 aromatic rings. The van der Waals surface area contributed by atoms with Gasteiger partial charge in [-0.1, -0.05) is 0 Å². The lowest BCUT2D eigenvalue weighted by Gasteiger charge is -2.02. The maximum atomic E-state index is 8.38. The topological polar surface area (TPSA) is 61.7 Å². The lowest BCUT2D eigenvalue weighted by atomic mass is 10.4. The average Bonchev–Trinajstić information content (AvgIpc) is 2.03. The zero-order chi connectivity index (χ0) is 8.36. The van der Waals surface area contributed by atoms with Gasteiger partial charge in [-0.05, 0) is 13.0 Å². The molecule has 11 heavy (non-hydrogen) atoms. The highest BCUT2D eigenvalue weighted by atomic mass is 16.5. The van der Waals surface area contributed by atoms with Crippen LogP contribution in [0.1, 0.15) is 6.42 Å². The van der Waals surface area contributed by atoms with Gasteiger partial charge in [0.25, 0.3) is 0 Å². The van der Waals surface area contributed by atoms with Gasteiger partial charge < -0.3 is 20.3 Å². The lowest BCUT2D eigenvalue weighted by molar-refractivity contribution is 0.0906. The number of rotatable bonds is 8. The summed E-state index contributed by atoms with van der Waals surface area (Å²) in [5.74, 6) is 0. The number of aliphatic hydroxyl groups is 2. The normalized spacial score (nSPS) is 10.4. The molecule has 0 unspecified atom stereocenters. The highest BCUT2D eigenvalue weighted by molar-refractivity contribution is 4.44. The van der Waals surface area contributed by atoms with E-state index in [9.17, 15) is 0 Å². The van der Waals surface area contributed by atoms with E-state index >= 15 is 0 Å². The van der Waals surface area contributed by atoms with Crippen LogP contribution in [0.2, 0.25) is 0 Å². The van der Waals surface area contributed by atoms with Crippen molar-refractivity contribution < 1.29 is 14.9 Å². The number of ether oxygens (including phenoxy) is 1. The molecular formula is C7H17NO3. The molecule has 0 bridgehead atoms. The van der Waals surface area contributed by atoms with Gasteiger partial charge in [-0.3, -0.25) is 0 Å². The first-order chi connectivity index (χ1) is 5.41. The van der Waals surface area contributed by atoms with Gasteiger partial charge in [-0.15, -0.1) is 0 Å². The van der Waals surface area contributed by atoms with Crippen molar-refractivity contribution in [1.29, 1.82) is 0 Å². The summed E-state index contributed by atoms with van der Waals surface area (Å²) in [5, 5.41) is 19.7. The predicted molar refractivity (Wildman–Crippen MR) is 42.5 cm³/mol. The second kappa shape index (κ2) is 9.84. The maximum absolute atomic E-state index is 8.38. The second-order valence-corrected chi connectivity index (χ2v) is 2.16. The molecule has 4 nitrogen and oxygen atoms in total. The fourth-order valence-electron chi connectivity index (χ4n) is 0.670. The Labute approximate surface area is 67.2 Å². The first-order valence-electron chi connectivity index (χ1n) is 3.92. The van der Waals surface area contributed by atoms with Crippen LogP contribution in [0.5, 0.6) is 0 Å². The fraction of sp³-hybridized carbons (Fsp3) is 1.00.